The van der Waals surface area contributed by atoms with E-state index < -0.39 is 0 Å². The third kappa shape index (κ3) is 4.77. The number of carbonyl (C=O) groups is 2. The van der Waals surface area contributed by atoms with Crippen LogP contribution in [0.1, 0.15) is 73.6 Å². The first-order chi connectivity index (χ1) is 11.7. The first-order valence-electron chi connectivity index (χ1n) is 10.0. The molecule has 0 radical (unpaired) electrons. The zero-order valence-electron chi connectivity index (χ0n) is 16.8. The predicted molar refractivity (Wildman–Crippen MR) is 97.9 cm³/mol. The molecule has 0 aromatic rings. The topological polar surface area (TPSA) is 52.6 Å². The zero-order chi connectivity index (χ0) is 18.8. The molecule has 0 amide bonds. The van der Waals surface area contributed by atoms with Crippen molar-refractivity contribution in [2.45, 2.75) is 79.8 Å². The predicted octanol–water partition coefficient (Wildman–Crippen LogP) is 4.61. The van der Waals surface area contributed by atoms with E-state index >= 15 is 0 Å². The second-order valence-electron chi connectivity index (χ2n) is 9.14. The normalized spacial score (nSPS) is 33.8. The molecule has 5 atom stereocenters. The van der Waals surface area contributed by atoms with Gasteiger partial charge in [-0.3, -0.25) is 9.59 Å². The van der Waals surface area contributed by atoms with E-state index in [0.717, 1.165) is 19.3 Å². The minimum absolute atomic E-state index is 0.0379. The van der Waals surface area contributed by atoms with E-state index in [0.29, 0.717) is 30.8 Å². The van der Waals surface area contributed by atoms with Gasteiger partial charge in [-0.05, 0) is 42.4 Å². The van der Waals surface area contributed by atoms with Crippen LogP contribution in [0.2, 0.25) is 0 Å². The van der Waals surface area contributed by atoms with Crippen LogP contribution in [0.3, 0.4) is 0 Å². The molecule has 5 unspecified atom stereocenters. The second kappa shape index (κ2) is 8.09. The van der Waals surface area contributed by atoms with E-state index in [2.05, 4.69) is 34.6 Å². The van der Waals surface area contributed by atoms with Gasteiger partial charge in [-0.15, -0.1) is 0 Å². The van der Waals surface area contributed by atoms with Crippen molar-refractivity contribution in [1.82, 2.24) is 0 Å². The maximum absolute atomic E-state index is 12.8. The van der Waals surface area contributed by atoms with E-state index in [-0.39, 0.29) is 35.3 Å². The van der Waals surface area contributed by atoms with Crippen LogP contribution in [0.4, 0.5) is 0 Å². The minimum Gasteiger partial charge on any atom is -0.465 e. The lowest BCUT2D eigenvalue weighted by atomic mass is 9.75. The van der Waals surface area contributed by atoms with Crippen molar-refractivity contribution in [3.63, 3.8) is 0 Å². The Morgan fingerprint density at radius 2 is 1.88 bits per heavy atom. The highest BCUT2D eigenvalue weighted by Crippen LogP contribution is 2.59. The van der Waals surface area contributed by atoms with Crippen LogP contribution in [-0.4, -0.2) is 24.6 Å². The Kier molecular flexibility index (Phi) is 6.56. The van der Waals surface area contributed by atoms with Gasteiger partial charge in [0.2, 0.25) is 0 Å². The summed E-state index contributed by atoms with van der Waals surface area (Å²) in [5, 5.41) is 0. The third-order valence-electron chi connectivity index (χ3n) is 6.41. The average molecular weight is 353 g/mol. The van der Waals surface area contributed by atoms with Gasteiger partial charge in [0.25, 0.3) is 0 Å². The van der Waals surface area contributed by atoms with Gasteiger partial charge in [0, 0.05) is 12.3 Å². The molecule has 2 fully saturated rings. The van der Waals surface area contributed by atoms with Crippen molar-refractivity contribution in [1.29, 1.82) is 0 Å². The van der Waals surface area contributed by atoms with Crippen LogP contribution in [0, 0.1) is 35.0 Å². The molecule has 0 aromatic carbocycles. The summed E-state index contributed by atoms with van der Waals surface area (Å²) in [6.45, 7) is 13.1. The standard InChI is InChI=1S/C21H36O4/c1-7-8-18(22)24-12-16-19(21(16,5)6)20(23)25-17-11-14(4)9-10-15(17)13(2)3/h13-17,19H,7-12H2,1-6H3. The summed E-state index contributed by atoms with van der Waals surface area (Å²) in [5.74, 6) is 1.29. The van der Waals surface area contributed by atoms with Crippen LogP contribution in [0.5, 0.6) is 0 Å². The lowest BCUT2D eigenvalue weighted by Crippen LogP contribution is -2.36. The Morgan fingerprint density at radius 3 is 2.48 bits per heavy atom. The highest BCUT2D eigenvalue weighted by atomic mass is 16.5. The van der Waals surface area contributed by atoms with Crippen molar-refractivity contribution in [3.8, 4) is 0 Å². The molecule has 0 aliphatic heterocycles. The summed E-state index contributed by atoms with van der Waals surface area (Å²) in [6, 6.07) is 0. The monoisotopic (exact) mass is 352 g/mol. The molecule has 4 heteroatoms. The Labute approximate surface area is 153 Å². The van der Waals surface area contributed by atoms with Crippen LogP contribution < -0.4 is 0 Å². The Morgan fingerprint density at radius 1 is 1.20 bits per heavy atom. The van der Waals surface area contributed by atoms with Gasteiger partial charge in [-0.2, -0.15) is 0 Å². The molecule has 144 valence electrons. The van der Waals surface area contributed by atoms with Crippen LogP contribution in [0.25, 0.3) is 0 Å². The van der Waals surface area contributed by atoms with E-state index in [9.17, 15) is 9.59 Å². The van der Waals surface area contributed by atoms with Gasteiger partial charge in [0.1, 0.15) is 6.10 Å². The molecule has 2 aliphatic rings. The fourth-order valence-electron chi connectivity index (χ4n) is 4.45. The largest absolute Gasteiger partial charge is 0.465 e. The van der Waals surface area contributed by atoms with Crippen molar-refractivity contribution < 1.29 is 19.1 Å². The highest BCUT2D eigenvalue weighted by Gasteiger charge is 2.63. The minimum atomic E-state index is -0.168. The van der Waals surface area contributed by atoms with Gasteiger partial charge < -0.3 is 9.47 Å². The summed E-state index contributed by atoms with van der Waals surface area (Å²) in [5.41, 5.74) is -0.142. The molecule has 2 aliphatic carbocycles. The maximum Gasteiger partial charge on any atom is 0.310 e. The van der Waals surface area contributed by atoms with Gasteiger partial charge in [0.05, 0.1) is 12.5 Å². The Hall–Kier alpha value is -1.06. The second-order valence-corrected chi connectivity index (χ2v) is 9.14. The Bertz CT molecular complexity index is 482. The number of ether oxygens (including phenoxy) is 2. The molecule has 0 heterocycles. The fraction of sp³-hybridized carbons (Fsp3) is 0.905. The molecular weight excluding hydrogens is 316 g/mol. The number of hydrogen-bond donors (Lipinski definition) is 0. The summed E-state index contributed by atoms with van der Waals surface area (Å²) in [6.07, 6.45) is 4.60. The SMILES string of the molecule is CCCC(=O)OCC1C(C(=O)OC2CC(C)CCC2C(C)C)C1(C)C. The highest BCUT2D eigenvalue weighted by molar-refractivity contribution is 5.78. The number of esters is 2. The summed E-state index contributed by atoms with van der Waals surface area (Å²) < 4.78 is 11.3. The van der Waals surface area contributed by atoms with Gasteiger partial charge in [-0.25, -0.2) is 0 Å². The van der Waals surface area contributed by atoms with Gasteiger partial charge >= 0.3 is 11.9 Å². The molecule has 0 saturated heterocycles. The van der Waals surface area contributed by atoms with E-state index in [1.165, 1.54) is 6.42 Å². The summed E-state index contributed by atoms with van der Waals surface area (Å²) in [7, 11) is 0. The number of hydrogen-bond acceptors (Lipinski definition) is 4. The quantitative estimate of drug-likeness (QED) is 0.628. The molecule has 0 spiro atoms. The van der Waals surface area contributed by atoms with Crippen molar-refractivity contribution in [2.75, 3.05) is 6.61 Å². The number of carbonyl (C=O) groups excluding carboxylic acids is 2. The lowest BCUT2D eigenvalue weighted by molar-refractivity contribution is -0.159. The van der Waals surface area contributed by atoms with Crippen LogP contribution >= 0.6 is 0 Å². The fourth-order valence-corrected chi connectivity index (χ4v) is 4.45. The lowest BCUT2D eigenvalue weighted by Gasteiger charge is -2.36. The van der Waals surface area contributed by atoms with E-state index in [4.69, 9.17) is 9.47 Å². The molecule has 0 N–H and O–H groups in total. The van der Waals surface area contributed by atoms with E-state index in [1.807, 2.05) is 6.92 Å². The molecule has 2 saturated carbocycles. The zero-order valence-corrected chi connectivity index (χ0v) is 16.8. The third-order valence-corrected chi connectivity index (χ3v) is 6.41. The molecule has 25 heavy (non-hydrogen) atoms. The van der Waals surface area contributed by atoms with Gasteiger partial charge in [-0.1, -0.05) is 48.0 Å². The van der Waals surface area contributed by atoms with E-state index in [1.54, 1.807) is 0 Å². The smallest absolute Gasteiger partial charge is 0.310 e. The molecule has 4 nitrogen and oxygen atoms in total. The van der Waals surface area contributed by atoms with Crippen molar-refractivity contribution in [2.24, 2.45) is 35.0 Å². The maximum atomic E-state index is 12.8. The van der Waals surface area contributed by atoms with Gasteiger partial charge in [0.15, 0.2) is 0 Å². The van der Waals surface area contributed by atoms with Crippen molar-refractivity contribution >= 4 is 11.9 Å². The molecular formula is C21H36O4. The van der Waals surface area contributed by atoms with Crippen LogP contribution in [-0.2, 0) is 19.1 Å². The molecule has 0 bridgehead atoms. The summed E-state index contributed by atoms with van der Waals surface area (Å²) in [4.78, 5) is 24.4. The average Bonchev–Trinajstić information content (AvgIpc) is 3.06. The van der Waals surface area contributed by atoms with Crippen LogP contribution in [0.15, 0.2) is 0 Å². The summed E-state index contributed by atoms with van der Waals surface area (Å²) >= 11 is 0. The van der Waals surface area contributed by atoms with Crippen molar-refractivity contribution in [3.05, 3.63) is 0 Å². The first kappa shape index (κ1) is 20.3. The Balaban J connectivity index is 1.92. The first-order valence-corrected chi connectivity index (χ1v) is 10.0. The molecule has 2 rings (SSSR count). The molecule has 0 aromatic heterocycles. The number of rotatable bonds is 7.